The minimum Gasteiger partial charge on any atom is -0.353 e. The molecule has 0 amide bonds. The Bertz CT molecular complexity index is 2130. The van der Waals surface area contributed by atoms with Crippen LogP contribution in [0.4, 0.5) is 4.39 Å². The molecule has 8 aromatic rings. The van der Waals surface area contributed by atoms with E-state index in [1.807, 2.05) is 18.5 Å². The Morgan fingerprint density at radius 3 is 2.51 bits per heavy atom. The molecular weight excluding hydrogens is 451 g/mol. The van der Waals surface area contributed by atoms with Crippen molar-refractivity contribution < 1.29 is 4.39 Å². The summed E-state index contributed by atoms with van der Waals surface area (Å²) >= 11 is 1.80. The summed E-state index contributed by atoms with van der Waals surface area (Å²) < 4.78 is 16.7. The average Bonchev–Trinajstić information content (AvgIpc) is 3.47. The predicted molar refractivity (Wildman–Crippen MR) is 147 cm³/mol. The molecular formula is C31H17FN2S. The minimum atomic E-state index is -0.214. The van der Waals surface area contributed by atoms with Gasteiger partial charge < -0.3 is 4.98 Å². The molecule has 0 bridgehead atoms. The highest BCUT2D eigenvalue weighted by Crippen LogP contribution is 2.46. The van der Waals surface area contributed by atoms with Crippen molar-refractivity contribution in [3.63, 3.8) is 0 Å². The van der Waals surface area contributed by atoms with E-state index in [4.69, 9.17) is 0 Å². The standard InChI is InChI=1S/C31H17FN2S/c32-19-9-10-26-24(15-19)28-22-5-1-2-6-23(22)29-25-14-17(8-11-27(25)35-31(29)30(28)34-26)20-7-3-4-18-16-33-13-12-21(18)20/h1-16,34H. The van der Waals surface area contributed by atoms with Crippen LogP contribution in [-0.4, -0.2) is 9.97 Å². The summed E-state index contributed by atoms with van der Waals surface area (Å²) in [6.45, 7) is 0. The van der Waals surface area contributed by atoms with E-state index in [-0.39, 0.29) is 5.82 Å². The number of nitrogens with zero attached hydrogens (tertiary/aromatic N) is 1. The molecule has 35 heavy (non-hydrogen) atoms. The summed E-state index contributed by atoms with van der Waals surface area (Å²) in [5.74, 6) is -0.214. The Morgan fingerprint density at radius 1 is 0.714 bits per heavy atom. The maximum absolute atomic E-state index is 14.2. The molecule has 0 radical (unpaired) electrons. The van der Waals surface area contributed by atoms with Crippen LogP contribution in [0, 0.1) is 5.82 Å². The van der Waals surface area contributed by atoms with Gasteiger partial charge in [0.2, 0.25) is 0 Å². The van der Waals surface area contributed by atoms with E-state index in [0.29, 0.717) is 0 Å². The lowest BCUT2D eigenvalue weighted by molar-refractivity contribution is 0.630. The Hall–Kier alpha value is -4.28. The van der Waals surface area contributed by atoms with Crippen LogP contribution in [0.5, 0.6) is 0 Å². The normalized spacial score (nSPS) is 12.1. The third kappa shape index (κ3) is 2.60. The number of fused-ring (bicyclic) bond motifs is 11. The lowest BCUT2D eigenvalue weighted by atomic mass is 9.95. The van der Waals surface area contributed by atoms with Crippen molar-refractivity contribution in [2.75, 3.05) is 0 Å². The molecule has 0 saturated carbocycles. The molecule has 5 aromatic carbocycles. The second-order valence-electron chi connectivity index (χ2n) is 9.03. The number of aromatic amines is 1. The first kappa shape index (κ1) is 19.1. The first-order chi connectivity index (χ1) is 17.3. The van der Waals surface area contributed by atoms with Gasteiger partial charge in [-0.2, -0.15) is 0 Å². The third-order valence-electron chi connectivity index (χ3n) is 7.13. The quantitative estimate of drug-likeness (QED) is 0.256. The van der Waals surface area contributed by atoms with Gasteiger partial charge in [0.1, 0.15) is 5.82 Å². The van der Waals surface area contributed by atoms with E-state index >= 15 is 0 Å². The number of halogens is 1. The van der Waals surface area contributed by atoms with E-state index in [2.05, 4.69) is 76.7 Å². The van der Waals surface area contributed by atoms with Crippen molar-refractivity contribution in [3.8, 4) is 11.1 Å². The van der Waals surface area contributed by atoms with Crippen LogP contribution in [0.1, 0.15) is 0 Å². The molecule has 0 fully saturated rings. The number of rotatable bonds is 1. The number of hydrogen-bond acceptors (Lipinski definition) is 2. The van der Waals surface area contributed by atoms with Gasteiger partial charge in [0, 0.05) is 49.5 Å². The van der Waals surface area contributed by atoms with E-state index in [1.165, 1.54) is 48.1 Å². The second-order valence-corrected chi connectivity index (χ2v) is 10.1. The fraction of sp³-hybridized carbons (Fsp3) is 0. The SMILES string of the molecule is Fc1ccc2[nH]c3c4sc5ccc(-c6cccc7cnccc67)cc5c4c4ccccc4c3c2c1. The Kier molecular flexibility index (Phi) is 3.75. The highest BCUT2D eigenvalue weighted by molar-refractivity contribution is 7.27. The number of hydrogen-bond donors (Lipinski definition) is 1. The number of pyridine rings is 1. The van der Waals surface area contributed by atoms with Gasteiger partial charge in [-0.15, -0.1) is 11.3 Å². The summed E-state index contributed by atoms with van der Waals surface area (Å²) in [6.07, 6.45) is 3.77. The average molecular weight is 469 g/mol. The summed E-state index contributed by atoms with van der Waals surface area (Å²) in [6, 6.07) is 28.7. The smallest absolute Gasteiger partial charge is 0.123 e. The molecule has 0 aliphatic carbocycles. The Labute approximate surface area is 203 Å². The third-order valence-corrected chi connectivity index (χ3v) is 8.32. The van der Waals surface area contributed by atoms with Gasteiger partial charge in [0.25, 0.3) is 0 Å². The molecule has 0 saturated heterocycles. The van der Waals surface area contributed by atoms with Gasteiger partial charge in [-0.1, -0.05) is 48.5 Å². The van der Waals surface area contributed by atoms with E-state index in [0.717, 1.165) is 32.6 Å². The first-order valence-corrected chi connectivity index (χ1v) is 12.4. The summed E-state index contributed by atoms with van der Waals surface area (Å²) in [7, 11) is 0. The lowest BCUT2D eigenvalue weighted by Crippen LogP contribution is -1.83. The van der Waals surface area contributed by atoms with Crippen molar-refractivity contribution in [3.05, 3.63) is 103 Å². The Balaban J connectivity index is 1.54. The van der Waals surface area contributed by atoms with Crippen molar-refractivity contribution in [2.45, 2.75) is 0 Å². The van der Waals surface area contributed by atoms with E-state index < -0.39 is 0 Å². The van der Waals surface area contributed by atoms with Crippen molar-refractivity contribution in [2.24, 2.45) is 0 Å². The minimum absolute atomic E-state index is 0.214. The van der Waals surface area contributed by atoms with Gasteiger partial charge in [-0.3, -0.25) is 4.98 Å². The van der Waals surface area contributed by atoms with E-state index in [1.54, 1.807) is 17.4 Å². The lowest BCUT2D eigenvalue weighted by Gasteiger charge is -2.08. The fourth-order valence-electron chi connectivity index (χ4n) is 5.62. The van der Waals surface area contributed by atoms with Crippen LogP contribution >= 0.6 is 11.3 Å². The molecule has 0 atom stereocenters. The number of thiophene rings is 1. The van der Waals surface area contributed by atoms with Crippen LogP contribution in [0.2, 0.25) is 0 Å². The molecule has 0 spiro atoms. The summed E-state index contributed by atoms with van der Waals surface area (Å²) in [5.41, 5.74) is 4.44. The zero-order valence-electron chi connectivity index (χ0n) is 18.5. The molecule has 2 nitrogen and oxygen atoms in total. The van der Waals surface area contributed by atoms with Crippen LogP contribution in [0.25, 0.3) is 74.6 Å². The van der Waals surface area contributed by atoms with Crippen LogP contribution < -0.4 is 0 Å². The van der Waals surface area contributed by atoms with Crippen LogP contribution in [-0.2, 0) is 0 Å². The highest BCUT2D eigenvalue weighted by Gasteiger charge is 2.18. The topological polar surface area (TPSA) is 28.7 Å². The first-order valence-electron chi connectivity index (χ1n) is 11.6. The molecule has 0 aliphatic rings. The highest BCUT2D eigenvalue weighted by atomic mass is 32.1. The zero-order chi connectivity index (χ0) is 23.1. The monoisotopic (exact) mass is 468 g/mol. The van der Waals surface area contributed by atoms with Gasteiger partial charge >= 0.3 is 0 Å². The summed E-state index contributed by atoms with van der Waals surface area (Å²) in [5, 5.41) is 9.21. The molecule has 0 unspecified atom stereocenters. The molecule has 3 heterocycles. The molecule has 0 aliphatic heterocycles. The number of benzene rings is 5. The van der Waals surface area contributed by atoms with Crippen LogP contribution in [0.15, 0.2) is 97.3 Å². The van der Waals surface area contributed by atoms with Crippen LogP contribution in [0.3, 0.4) is 0 Å². The molecule has 1 N–H and O–H groups in total. The number of H-pyrrole nitrogens is 1. The predicted octanol–water partition coefficient (Wildman–Crippen LogP) is 9.20. The summed E-state index contributed by atoms with van der Waals surface area (Å²) in [4.78, 5) is 7.90. The number of nitrogens with one attached hydrogen (secondary N) is 1. The second kappa shape index (κ2) is 6.87. The zero-order valence-corrected chi connectivity index (χ0v) is 19.3. The molecule has 8 rings (SSSR count). The molecule has 3 aromatic heterocycles. The van der Waals surface area contributed by atoms with Crippen molar-refractivity contribution >= 4 is 74.9 Å². The van der Waals surface area contributed by atoms with Gasteiger partial charge in [-0.25, -0.2) is 4.39 Å². The number of aromatic nitrogens is 2. The maximum atomic E-state index is 14.2. The maximum Gasteiger partial charge on any atom is 0.123 e. The fourth-order valence-corrected chi connectivity index (χ4v) is 6.82. The van der Waals surface area contributed by atoms with Gasteiger partial charge in [-0.05, 0) is 63.7 Å². The largest absolute Gasteiger partial charge is 0.353 e. The van der Waals surface area contributed by atoms with Gasteiger partial charge in [0.15, 0.2) is 0 Å². The molecule has 164 valence electrons. The van der Waals surface area contributed by atoms with Crippen molar-refractivity contribution in [1.82, 2.24) is 9.97 Å². The van der Waals surface area contributed by atoms with Crippen molar-refractivity contribution in [1.29, 1.82) is 0 Å². The van der Waals surface area contributed by atoms with E-state index in [9.17, 15) is 4.39 Å². The van der Waals surface area contributed by atoms with Gasteiger partial charge in [0.05, 0.1) is 10.2 Å². The molecule has 4 heteroatoms. The Morgan fingerprint density at radius 2 is 1.60 bits per heavy atom.